The van der Waals surface area contributed by atoms with Crippen molar-refractivity contribution in [1.29, 1.82) is 0 Å². The molecule has 4 aromatic carbocycles. The van der Waals surface area contributed by atoms with Crippen LogP contribution in [-0.4, -0.2) is 29.8 Å². The molecule has 1 aliphatic rings. The van der Waals surface area contributed by atoms with Gasteiger partial charge in [0.1, 0.15) is 5.70 Å². The van der Waals surface area contributed by atoms with Crippen molar-refractivity contribution in [3.8, 4) is 11.5 Å². The molecule has 0 aliphatic carbocycles. The van der Waals surface area contributed by atoms with E-state index in [1.54, 1.807) is 60.7 Å². The first kappa shape index (κ1) is 28.5. The van der Waals surface area contributed by atoms with Crippen LogP contribution in [0.3, 0.4) is 0 Å². The summed E-state index contributed by atoms with van der Waals surface area (Å²) < 4.78 is 10.7. The monoisotopic (exact) mass is 579 g/mol. The van der Waals surface area contributed by atoms with Gasteiger partial charge in [0.2, 0.25) is 12.7 Å². The smallest absolute Gasteiger partial charge is 0.272 e. The van der Waals surface area contributed by atoms with Gasteiger partial charge in [0.25, 0.3) is 11.8 Å². The molecule has 5 rings (SSSR count). The molecule has 1 atom stereocenters. The molecule has 1 heterocycles. The molecule has 0 radical (unpaired) electrons. The van der Waals surface area contributed by atoms with Crippen molar-refractivity contribution in [3.05, 3.63) is 119 Å². The van der Waals surface area contributed by atoms with Crippen molar-refractivity contribution in [3.63, 3.8) is 0 Å². The molecule has 0 fully saturated rings. The summed E-state index contributed by atoms with van der Waals surface area (Å²) in [4.78, 5) is 39.8. The fourth-order valence-electron chi connectivity index (χ4n) is 4.16. The Balaban J connectivity index is 1.23. The van der Waals surface area contributed by atoms with E-state index in [9.17, 15) is 14.4 Å². The predicted molar refractivity (Wildman–Crippen MR) is 165 cm³/mol. The van der Waals surface area contributed by atoms with Gasteiger partial charge < -0.3 is 25.4 Å². The van der Waals surface area contributed by atoms with Crippen LogP contribution in [0.4, 0.5) is 11.4 Å². The Kier molecular flexibility index (Phi) is 8.89. The van der Waals surface area contributed by atoms with Gasteiger partial charge in [-0.25, -0.2) is 0 Å². The first-order chi connectivity index (χ1) is 20.3. The third-order valence-corrected chi connectivity index (χ3v) is 7.43. The zero-order chi connectivity index (χ0) is 29.5. The van der Waals surface area contributed by atoms with E-state index in [2.05, 4.69) is 16.0 Å². The van der Waals surface area contributed by atoms with Crippen LogP contribution in [0.25, 0.3) is 6.08 Å². The highest BCUT2D eigenvalue weighted by atomic mass is 32.2. The average molecular weight is 580 g/mol. The van der Waals surface area contributed by atoms with E-state index < -0.39 is 5.91 Å². The number of thioether (sulfide) groups is 1. The molecule has 0 bridgehead atoms. The number of ether oxygens (including phenoxy) is 2. The highest BCUT2D eigenvalue weighted by Crippen LogP contribution is 2.34. The van der Waals surface area contributed by atoms with Crippen molar-refractivity contribution in [2.75, 3.05) is 17.4 Å². The van der Waals surface area contributed by atoms with E-state index in [0.717, 1.165) is 16.0 Å². The maximum atomic E-state index is 13.3. The summed E-state index contributed by atoms with van der Waals surface area (Å²) >= 11 is 1.39. The summed E-state index contributed by atoms with van der Waals surface area (Å²) in [7, 11) is 0. The minimum Gasteiger partial charge on any atom is -0.454 e. The van der Waals surface area contributed by atoms with E-state index in [1.165, 1.54) is 11.8 Å². The topological polar surface area (TPSA) is 106 Å². The van der Waals surface area contributed by atoms with E-state index >= 15 is 0 Å². The van der Waals surface area contributed by atoms with Gasteiger partial charge in [-0.3, -0.25) is 14.4 Å². The minimum atomic E-state index is -0.460. The molecular weight excluding hydrogens is 550 g/mol. The zero-order valence-corrected chi connectivity index (χ0v) is 23.9. The van der Waals surface area contributed by atoms with Crippen LogP contribution >= 0.6 is 11.8 Å². The number of nitrogens with one attached hydrogen (secondary N) is 3. The number of amides is 3. The van der Waals surface area contributed by atoms with Gasteiger partial charge >= 0.3 is 0 Å². The highest BCUT2D eigenvalue weighted by Gasteiger charge is 2.19. The van der Waals surface area contributed by atoms with Crippen LogP contribution in [0.2, 0.25) is 0 Å². The van der Waals surface area contributed by atoms with Crippen LogP contribution in [0.15, 0.2) is 108 Å². The summed E-state index contributed by atoms with van der Waals surface area (Å²) in [5.74, 6) is 0.250. The van der Waals surface area contributed by atoms with E-state index in [4.69, 9.17) is 9.47 Å². The number of carbonyl (C=O) groups excluding carboxylic acids is 3. The Morgan fingerprint density at radius 1 is 0.810 bits per heavy atom. The molecule has 0 spiro atoms. The second-order valence-electron chi connectivity index (χ2n) is 9.59. The van der Waals surface area contributed by atoms with Gasteiger partial charge in [0.05, 0.1) is 5.25 Å². The van der Waals surface area contributed by atoms with E-state index in [-0.39, 0.29) is 29.6 Å². The molecule has 42 heavy (non-hydrogen) atoms. The Morgan fingerprint density at radius 3 is 2.31 bits per heavy atom. The van der Waals surface area contributed by atoms with Crippen LogP contribution < -0.4 is 25.4 Å². The zero-order valence-electron chi connectivity index (χ0n) is 23.0. The lowest BCUT2D eigenvalue weighted by Gasteiger charge is -2.14. The van der Waals surface area contributed by atoms with E-state index in [1.807, 2.05) is 56.3 Å². The lowest BCUT2D eigenvalue weighted by Crippen LogP contribution is -2.30. The molecule has 1 aliphatic heterocycles. The van der Waals surface area contributed by atoms with Crippen LogP contribution in [-0.2, 0) is 9.59 Å². The minimum absolute atomic E-state index is 0.113. The maximum absolute atomic E-state index is 13.3. The first-order valence-electron chi connectivity index (χ1n) is 13.3. The van der Waals surface area contributed by atoms with Crippen LogP contribution in [0, 0.1) is 6.92 Å². The molecule has 9 heteroatoms. The van der Waals surface area contributed by atoms with Crippen molar-refractivity contribution in [1.82, 2.24) is 5.32 Å². The molecule has 0 saturated carbocycles. The van der Waals surface area contributed by atoms with Gasteiger partial charge in [0.15, 0.2) is 11.5 Å². The second-order valence-corrected chi connectivity index (χ2v) is 11.0. The fourth-order valence-corrected chi connectivity index (χ4v) is 5.03. The van der Waals surface area contributed by atoms with Crippen molar-refractivity contribution in [2.24, 2.45) is 0 Å². The summed E-state index contributed by atoms with van der Waals surface area (Å²) in [6.07, 6.45) is 1.65. The maximum Gasteiger partial charge on any atom is 0.272 e. The van der Waals surface area contributed by atoms with Crippen LogP contribution in [0.5, 0.6) is 11.5 Å². The van der Waals surface area contributed by atoms with Gasteiger partial charge in [0, 0.05) is 27.9 Å². The molecule has 8 nitrogen and oxygen atoms in total. The number of carbonyl (C=O) groups is 3. The largest absolute Gasteiger partial charge is 0.454 e. The summed E-state index contributed by atoms with van der Waals surface area (Å²) in [5, 5.41) is 8.13. The first-order valence-corrected chi connectivity index (χ1v) is 14.2. The quantitative estimate of drug-likeness (QED) is 0.160. The lowest BCUT2D eigenvalue weighted by molar-refractivity contribution is -0.115. The van der Waals surface area contributed by atoms with Crippen molar-refractivity contribution < 1.29 is 23.9 Å². The Labute approximate surface area is 248 Å². The third kappa shape index (κ3) is 7.38. The Bertz CT molecular complexity index is 1640. The van der Waals surface area contributed by atoms with Gasteiger partial charge in [-0.05, 0) is 74.0 Å². The van der Waals surface area contributed by atoms with E-state index in [0.29, 0.717) is 28.4 Å². The number of hydrogen-bond donors (Lipinski definition) is 3. The second kappa shape index (κ2) is 13.1. The van der Waals surface area contributed by atoms with Crippen molar-refractivity contribution in [2.45, 2.75) is 24.0 Å². The molecule has 0 aromatic heterocycles. The van der Waals surface area contributed by atoms with Gasteiger partial charge in [-0.2, -0.15) is 0 Å². The summed E-state index contributed by atoms with van der Waals surface area (Å²) in [6.45, 7) is 3.95. The Morgan fingerprint density at radius 2 is 1.55 bits per heavy atom. The summed E-state index contributed by atoms with van der Waals surface area (Å²) in [6, 6.07) is 28.8. The predicted octanol–water partition coefficient (Wildman–Crippen LogP) is 6.25. The molecule has 0 saturated heterocycles. The van der Waals surface area contributed by atoms with Gasteiger partial charge in [-0.1, -0.05) is 48.0 Å². The SMILES string of the molecule is Cc1cccc(/C=C(\NC(=O)c2ccccc2)C(=O)Nc2ccc(SC(C)C(=O)Nc3ccc4c(c3)OCO4)cc2)c1. The van der Waals surface area contributed by atoms with Crippen molar-refractivity contribution >= 4 is 46.9 Å². The highest BCUT2D eigenvalue weighted by molar-refractivity contribution is 8.00. The molecule has 3 amide bonds. The lowest BCUT2D eigenvalue weighted by atomic mass is 10.1. The average Bonchev–Trinajstić information content (AvgIpc) is 3.46. The molecule has 212 valence electrons. The number of rotatable bonds is 9. The van der Waals surface area contributed by atoms with Gasteiger partial charge in [-0.15, -0.1) is 11.8 Å². The molecule has 3 N–H and O–H groups in total. The number of hydrogen-bond acceptors (Lipinski definition) is 6. The number of anilines is 2. The standard InChI is InChI=1S/C33H29N3O5S/c1-21-7-6-8-23(17-21)18-28(36-32(38)24-9-4-3-5-10-24)33(39)34-25-11-14-27(15-12-25)42-22(2)31(37)35-26-13-16-29-30(19-26)41-20-40-29/h3-19,22H,20H2,1-2H3,(H,34,39)(H,35,37)(H,36,38)/b28-18-. The fraction of sp³-hybridized carbons (Fsp3) is 0.121. The number of fused-ring (bicyclic) bond motifs is 1. The molecular formula is C33H29N3O5S. The molecule has 1 unspecified atom stereocenters. The Hall–Kier alpha value is -5.02. The third-order valence-electron chi connectivity index (χ3n) is 6.32. The summed E-state index contributed by atoms with van der Waals surface area (Å²) in [5.41, 5.74) is 3.55. The number of aryl methyl sites for hydroxylation is 1. The van der Waals surface area contributed by atoms with Crippen LogP contribution in [0.1, 0.15) is 28.4 Å². The normalized spacial score (nSPS) is 12.8. The number of benzene rings is 4. The molecule has 4 aromatic rings.